The Kier molecular flexibility index (Phi) is 4.15. The molecule has 0 aromatic carbocycles. The molecule has 1 aliphatic rings. The molecule has 1 amide bonds. The van der Waals surface area contributed by atoms with Crippen LogP contribution >= 0.6 is 11.3 Å². The number of nitrogens with zero attached hydrogens (tertiary/aromatic N) is 1. The van der Waals surface area contributed by atoms with Crippen LogP contribution in [0.5, 0.6) is 0 Å². The SMILES string of the molecule is NC1CC(CCO)CN(C(=O)c2cccs2)C1. The standard InChI is InChI=1S/C12H18N2O2S/c13-10-6-9(3-4-15)7-14(8-10)12(16)11-2-1-5-17-11/h1-2,5,9-10,15H,3-4,6-8,13H2. The maximum Gasteiger partial charge on any atom is 0.263 e. The van der Waals surface area contributed by atoms with Crippen molar-refractivity contribution in [3.05, 3.63) is 22.4 Å². The van der Waals surface area contributed by atoms with Gasteiger partial charge in [0.1, 0.15) is 0 Å². The molecule has 0 bridgehead atoms. The average Bonchev–Trinajstić information content (AvgIpc) is 2.81. The van der Waals surface area contributed by atoms with E-state index in [2.05, 4.69) is 0 Å². The van der Waals surface area contributed by atoms with Crippen molar-refractivity contribution in [3.8, 4) is 0 Å². The minimum Gasteiger partial charge on any atom is -0.396 e. The van der Waals surface area contributed by atoms with E-state index in [9.17, 15) is 4.79 Å². The van der Waals surface area contributed by atoms with Crippen molar-refractivity contribution in [1.29, 1.82) is 0 Å². The molecule has 94 valence electrons. The zero-order chi connectivity index (χ0) is 12.3. The van der Waals surface area contributed by atoms with Crippen LogP contribution in [0.1, 0.15) is 22.5 Å². The second-order valence-electron chi connectivity index (χ2n) is 4.56. The van der Waals surface area contributed by atoms with E-state index in [1.165, 1.54) is 11.3 Å². The van der Waals surface area contributed by atoms with Gasteiger partial charge in [-0.05, 0) is 30.2 Å². The Morgan fingerprint density at radius 2 is 2.41 bits per heavy atom. The number of hydrogen-bond acceptors (Lipinski definition) is 4. The maximum absolute atomic E-state index is 12.2. The van der Waals surface area contributed by atoms with E-state index < -0.39 is 0 Å². The summed E-state index contributed by atoms with van der Waals surface area (Å²) in [5.41, 5.74) is 5.96. The molecule has 0 aliphatic carbocycles. The molecule has 17 heavy (non-hydrogen) atoms. The summed E-state index contributed by atoms with van der Waals surface area (Å²) in [5.74, 6) is 0.394. The summed E-state index contributed by atoms with van der Waals surface area (Å²) in [6.45, 7) is 1.50. The predicted molar refractivity (Wildman–Crippen MR) is 68.0 cm³/mol. The zero-order valence-electron chi connectivity index (χ0n) is 9.71. The quantitative estimate of drug-likeness (QED) is 0.843. The Balaban J connectivity index is 2.02. The van der Waals surface area contributed by atoms with Gasteiger partial charge in [0.25, 0.3) is 5.91 Å². The fourth-order valence-electron chi connectivity index (χ4n) is 2.36. The molecule has 2 atom stereocenters. The fraction of sp³-hybridized carbons (Fsp3) is 0.583. The first-order chi connectivity index (χ1) is 8.20. The van der Waals surface area contributed by atoms with Crippen LogP contribution in [-0.4, -0.2) is 41.7 Å². The van der Waals surface area contributed by atoms with Crippen molar-refractivity contribution in [3.63, 3.8) is 0 Å². The monoisotopic (exact) mass is 254 g/mol. The van der Waals surface area contributed by atoms with Crippen LogP contribution in [0, 0.1) is 5.92 Å². The van der Waals surface area contributed by atoms with Gasteiger partial charge in [0.15, 0.2) is 0 Å². The highest BCUT2D eigenvalue weighted by atomic mass is 32.1. The molecule has 1 aliphatic heterocycles. The lowest BCUT2D eigenvalue weighted by Gasteiger charge is -2.36. The summed E-state index contributed by atoms with van der Waals surface area (Å²) in [6.07, 6.45) is 1.62. The molecule has 0 radical (unpaired) electrons. The third-order valence-corrected chi connectivity index (χ3v) is 3.98. The van der Waals surface area contributed by atoms with E-state index in [4.69, 9.17) is 10.8 Å². The predicted octanol–water partition coefficient (Wildman–Crippen LogP) is 0.920. The highest BCUT2D eigenvalue weighted by Crippen LogP contribution is 2.21. The van der Waals surface area contributed by atoms with Crippen LogP contribution < -0.4 is 5.73 Å². The van der Waals surface area contributed by atoms with Crippen LogP contribution in [0.2, 0.25) is 0 Å². The van der Waals surface area contributed by atoms with Gasteiger partial charge in [-0.25, -0.2) is 0 Å². The van der Waals surface area contributed by atoms with Gasteiger partial charge in [0.2, 0.25) is 0 Å². The first kappa shape index (κ1) is 12.5. The smallest absolute Gasteiger partial charge is 0.263 e. The molecule has 1 fully saturated rings. The third-order valence-electron chi connectivity index (χ3n) is 3.13. The van der Waals surface area contributed by atoms with Crippen molar-refractivity contribution in [1.82, 2.24) is 4.90 Å². The molecule has 1 aromatic rings. The van der Waals surface area contributed by atoms with Crippen molar-refractivity contribution in [2.24, 2.45) is 11.7 Å². The molecule has 0 saturated carbocycles. The summed E-state index contributed by atoms with van der Waals surface area (Å²) in [4.78, 5) is 14.8. The molecule has 3 N–H and O–H groups in total. The van der Waals surface area contributed by atoms with Crippen LogP contribution in [-0.2, 0) is 0 Å². The Hall–Kier alpha value is -0.910. The molecule has 1 saturated heterocycles. The minimum atomic E-state index is 0.0317. The van der Waals surface area contributed by atoms with E-state index in [-0.39, 0.29) is 18.6 Å². The number of nitrogens with two attached hydrogens (primary N) is 1. The number of likely N-dealkylation sites (tertiary alicyclic amines) is 1. The summed E-state index contributed by atoms with van der Waals surface area (Å²) >= 11 is 1.46. The largest absolute Gasteiger partial charge is 0.396 e. The van der Waals surface area contributed by atoms with Crippen molar-refractivity contribution < 1.29 is 9.90 Å². The molecule has 2 unspecified atom stereocenters. The first-order valence-electron chi connectivity index (χ1n) is 5.90. The molecule has 4 nitrogen and oxygen atoms in total. The minimum absolute atomic E-state index is 0.0317. The summed E-state index contributed by atoms with van der Waals surface area (Å²) < 4.78 is 0. The molecule has 0 spiro atoms. The first-order valence-corrected chi connectivity index (χ1v) is 6.78. The zero-order valence-corrected chi connectivity index (χ0v) is 10.5. The lowest BCUT2D eigenvalue weighted by molar-refractivity contribution is 0.0632. The van der Waals surface area contributed by atoms with Gasteiger partial charge < -0.3 is 15.7 Å². The van der Waals surface area contributed by atoms with Gasteiger partial charge in [-0.3, -0.25) is 4.79 Å². The molecule has 1 aromatic heterocycles. The van der Waals surface area contributed by atoms with E-state index in [1.807, 2.05) is 22.4 Å². The summed E-state index contributed by atoms with van der Waals surface area (Å²) in [7, 11) is 0. The second-order valence-corrected chi connectivity index (χ2v) is 5.51. The third kappa shape index (κ3) is 3.06. The fourth-order valence-corrected chi connectivity index (χ4v) is 3.05. The van der Waals surface area contributed by atoms with Gasteiger partial charge in [0, 0.05) is 25.7 Å². The van der Waals surface area contributed by atoms with Crippen molar-refractivity contribution in [2.75, 3.05) is 19.7 Å². The van der Waals surface area contributed by atoms with Crippen LogP contribution in [0.4, 0.5) is 0 Å². The van der Waals surface area contributed by atoms with Gasteiger partial charge in [0.05, 0.1) is 4.88 Å². The normalized spacial score (nSPS) is 24.9. The lowest BCUT2D eigenvalue weighted by Crippen LogP contribution is -2.49. The van der Waals surface area contributed by atoms with Crippen molar-refractivity contribution in [2.45, 2.75) is 18.9 Å². The molecule has 2 rings (SSSR count). The molecular weight excluding hydrogens is 236 g/mol. The Morgan fingerprint density at radius 1 is 1.59 bits per heavy atom. The summed E-state index contributed by atoms with van der Waals surface area (Å²) in [5, 5.41) is 10.9. The second kappa shape index (κ2) is 5.62. The highest BCUT2D eigenvalue weighted by molar-refractivity contribution is 7.12. The highest BCUT2D eigenvalue weighted by Gasteiger charge is 2.28. The number of aliphatic hydroxyl groups excluding tert-OH is 1. The number of amides is 1. The average molecular weight is 254 g/mol. The number of thiophene rings is 1. The Morgan fingerprint density at radius 3 is 3.06 bits per heavy atom. The topological polar surface area (TPSA) is 66.6 Å². The number of carbonyl (C=O) groups excluding carboxylic acids is 1. The lowest BCUT2D eigenvalue weighted by atomic mass is 9.92. The maximum atomic E-state index is 12.2. The number of carbonyl (C=O) groups is 1. The number of piperidine rings is 1. The summed E-state index contributed by atoms with van der Waals surface area (Å²) in [6, 6.07) is 3.76. The van der Waals surface area contributed by atoms with Gasteiger partial charge in [-0.15, -0.1) is 11.3 Å². The van der Waals surface area contributed by atoms with Crippen molar-refractivity contribution >= 4 is 17.2 Å². The van der Waals surface area contributed by atoms with Crippen LogP contribution in [0.25, 0.3) is 0 Å². The Labute approximate surface area is 105 Å². The van der Waals surface area contributed by atoms with E-state index in [0.717, 1.165) is 17.7 Å². The van der Waals surface area contributed by atoms with Crippen LogP contribution in [0.3, 0.4) is 0 Å². The van der Waals surface area contributed by atoms with Gasteiger partial charge in [-0.2, -0.15) is 0 Å². The van der Waals surface area contributed by atoms with Crippen LogP contribution in [0.15, 0.2) is 17.5 Å². The van der Waals surface area contributed by atoms with E-state index in [1.54, 1.807) is 0 Å². The number of aliphatic hydroxyl groups is 1. The molecule has 2 heterocycles. The molecule has 5 heteroatoms. The number of hydrogen-bond donors (Lipinski definition) is 2. The van der Waals surface area contributed by atoms with E-state index in [0.29, 0.717) is 19.0 Å². The number of rotatable bonds is 3. The van der Waals surface area contributed by atoms with Gasteiger partial charge in [-0.1, -0.05) is 6.07 Å². The van der Waals surface area contributed by atoms with Gasteiger partial charge >= 0.3 is 0 Å². The Bertz CT molecular complexity index is 367. The molecular formula is C12H18N2O2S. The van der Waals surface area contributed by atoms with E-state index >= 15 is 0 Å².